The van der Waals surface area contributed by atoms with Crippen LogP contribution in [0.1, 0.15) is 169 Å². The van der Waals surface area contributed by atoms with Crippen molar-refractivity contribution >= 4 is 53.2 Å². The van der Waals surface area contributed by atoms with E-state index in [0.29, 0.717) is 121 Å². The van der Waals surface area contributed by atoms with Gasteiger partial charge in [-0.05, 0) is 197 Å². The van der Waals surface area contributed by atoms with Crippen LogP contribution < -0.4 is 33.2 Å². The second-order valence-corrected chi connectivity index (χ2v) is 36.7. The fourth-order valence-corrected chi connectivity index (χ4v) is 19.4. The molecular weight excluding hydrogens is 1640 g/mol. The minimum absolute atomic E-state index is 0. The number of carbonyl (C=O) groups excluding carboxylic acids is 7. The molecule has 11 N–H and O–H groups in total. The van der Waals surface area contributed by atoms with Crippen LogP contribution in [0.15, 0.2) is 73.6 Å². The van der Waals surface area contributed by atoms with E-state index < -0.39 is 161 Å². The Balaban J connectivity index is 0.000000313. The number of ether oxygens (including phenoxy) is 11. The normalized spacial score (nSPS) is 34.5. The second kappa shape index (κ2) is 45.9. The van der Waals surface area contributed by atoms with Gasteiger partial charge in [-0.1, -0.05) is 96.3 Å². The van der Waals surface area contributed by atoms with Gasteiger partial charge < -0.3 is 105 Å². The van der Waals surface area contributed by atoms with Crippen LogP contribution >= 0.6 is 0 Å². The molecule has 6 aliphatic rings. The first-order valence-electron chi connectivity index (χ1n) is 44.7. The number of hydrogen-bond donors (Lipinski definition) is 8. The number of nitrogen functional groups attached to an aromatic ring is 2. The number of Topliss-reactive ketones (excluding diaryl/α,β-unsaturated/α-hetero) is 2. The molecule has 2 aromatic carbocycles. The molecule has 2 aromatic heterocycles. The molecule has 6 aliphatic heterocycles. The lowest BCUT2D eigenvalue weighted by Crippen LogP contribution is -2.61. The lowest BCUT2D eigenvalue weighted by atomic mass is 9.78. The molecule has 0 aliphatic carbocycles. The molecule has 26 atom stereocenters. The summed E-state index contributed by atoms with van der Waals surface area (Å²) in [5.41, 5.74) is 17.7. The minimum atomic E-state index is -1.28. The van der Waals surface area contributed by atoms with E-state index in [2.05, 4.69) is 57.0 Å². The summed E-state index contributed by atoms with van der Waals surface area (Å²) in [6.45, 7) is 32.4. The first kappa shape index (κ1) is 104. The highest BCUT2D eigenvalue weighted by Crippen LogP contribution is 2.44. The van der Waals surface area contributed by atoms with Gasteiger partial charge in [0.1, 0.15) is 54.2 Å². The number of aryl methyl sites for hydroxylation is 2. The summed E-state index contributed by atoms with van der Waals surface area (Å²) >= 11 is 0. The zero-order chi connectivity index (χ0) is 92.6. The molecule has 6 unspecified atom stereocenters. The Labute approximate surface area is 750 Å². The number of unbranched alkanes of at least 4 members (excludes halogenated alkanes) is 2. The van der Waals surface area contributed by atoms with Gasteiger partial charge >= 0.3 is 30.2 Å². The molecule has 8 heterocycles. The van der Waals surface area contributed by atoms with Gasteiger partial charge in [-0.2, -0.15) is 0 Å². The maximum Gasteiger partial charge on any atom is 0.410 e. The SMILES string of the molecule is C.C=CCOC(=O)NCC1CC(N(C)C)C(O)[C@H](O[C@@H]2[C@@H](C)C(=O)[C@@H](C)C(=O)O[C@H](CC)[C@@]3(C)OC(=O)N(CCCCn4cc(-c5cccc(N)c5)nn4)[C@@H]3[C@@H](C)NC[C@H](C)C[C@@]2(C)OC)O1.CC[C@H]1OC(=O)[C@H](C)C(=O)[C@H](C)[C@@H](O[C@@H]2OC(CN)CC(N(C)C)C2O)[C@](C)(OC)C[C@@H](C)CN[C@H](C)[C@H]2N(CCCCn3cc(-c4cccc(N)c4)nn3)C(=O)O[C@]12C. The van der Waals surface area contributed by atoms with E-state index in [1.54, 1.807) is 54.2 Å². The van der Waals surface area contributed by atoms with Gasteiger partial charge in [0.2, 0.25) is 0 Å². The highest BCUT2D eigenvalue weighted by Gasteiger charge is 2.61. The summed E-state index contributed by atoms with van der Waals surface area (Å²) < 4.78 is 72.0. The van der Waals surface area contributed by atoms with Crippen LogP contribution in [-0.4, -0.2) is 310 Å². The number of nitrogens with zero attached hydrogens (tertiary/aromatic N) is 10. The molecule has 0 radical (unpaired) electrons. The van der Waals surface area contributed by atoms with Crippen molar-refractivity contribution in [2.45, 2.75) is 302 Å². The summed E-state index contributed by atoms with van der Waals surface area (Å²) in [5, 5.41) is 50.5. The largest absolute Gasteiger partial charge is 0.458 e. The number of cyclic esters (lactones) is 2. The van der Waals surface area contributed by atoms with Crippen molar-refractivity contribution in [3.63, 3.8) is 0 Å². The van der Waals surface area contributed by atoms with Crippen molar-refractivity contribution in [3.8, 4) is 22.5 Å². The number of hydrogen-bond acceptors (Lipinski definition) is 31. The Hall–Kier alpha value is -8.37. The van der Waals surface area contributed by atoms with Crippen molar-refractivity contribution < 1.29 is 95.9 Å². The molecule has 4 aromatic rings. The molecule has 0 bridgehead atoms. The number of anilines is 2. The number of nitrogens with one attached hydrogen (secondary N) is 3. The summed E-state index contributed by atoms with van der Waals surface area (Å²) in [4.78, 5) is 104. The summed E-state index contributed by atoms with van der Waals surface area (Å²) in [6.07, 6.45) is -0.699. The van der Waals surface area contributed by atoms with Crippen LogP contribution in [0.25, 0.3) is 22.5 Å². The Kier molecular flexibility index (Phi) is 37.6. The van der Waals surface area contributed by atoms with Crippen LogP contribution in [0.5, 0.6) is 0 Å². The van der Waals surface area contributed by atoms with E-state index >= 15 is 0 Å². The second-order valence-electron chi connectivity index (χ2n) is 36.7. The van der Waals surface area contributed by atoms with Crippen molar-refractivity contribution in [2.24, 2.45) is 41.2 Å². The van der Waals surface area contributed by atoms with Crippen LogP contribution in [0.4, 0.5) is 25.8 Å². The van der Waals surface area contributed by atoms with Gasteiger partial charge in [0.15, 0.2) is 35.3 Å². The van der Waals surface area contributed by atoms with E-state index in [1.807, 2.05) is 147 Å². The third-order valence-corrected chi connectivity index (χ3v) is 26.5. The number of benzene rings is 2. The van der Waals surface area contributed by atoms with Gasteiger partial charge in [0.05, 0.1) is 60.1 Å². The Bertz CT molecular complexity index is 4260. The van der Waals surface area contributed by atoms with Gasteiger partial charge in [0.25, 0.3) is 0 Å². The maximum atomic E-state index is 14.6. The quantitative estimate of drug-likeness (QED) is 0.00699. The van der Waals surface area contributed by atoms with Crippen molar-refractivity contribution in [2.75, 3.05) is 99.8 Å². The molecule has 36 nitrogen and oxygen atoms in total. The summed E-state index contributed by atoms with van der Waals surface area (Å²) in [5.74, 6) is -6.81. The first-order chi connectivity index (χ1) is 59.6. The number of methoxy groups -OCH3 is 2. The standard InChI is InChI=1S/C47H74N8O11.C43H70N8O9.CH4/c1-12-21-62-44(59)50-26-34-23-36(53(9)10)39(57)43(63-34)65-41-29(4)38(56)30(5)42(58)64-37(13-2)47(8)40(31(6)49-25-28(3)24-46(41,7)61-11)55(45(60)66-47)20-15-14-19-54-27-35(51-52-54)32-17-16-18-33(48)22-32;1-11-34-43(7)37(51(41(55)60-43)18-13-12-17-50-24-32(47-48-50)29-15-14-16-30(45)19-29)28(5)46-23-25(2)21-42(6,56-10)38(26(3)35(52)27(4)39(54)58-34)59-40-36(53)33(49(8)9)20-31(22-44)57-40;/h12,16-18,22,27-31,34,36-37,39-41,43,49,57H,1,13-15,19-21,23-26,48H2,2-11H3,(H,50,59);14-16,19,24-28,31,33-34,36-38,40,46,53H,11-13,17-18,20-23,44-45H2,1-10H3;1H4/t28-,29+,30-,31-,34?,36?,37-,39?,40-,41-,43+,46-,47-;25-,26+,27-,28-,31?,33?,34-,36?,37-,38-,40+,42-,43-;/m11./s1. The minimum Gasteiger partial charge on any atom is -0.458 e. The van der Waals surface area contributed by atoms with Crippen LogP contribution in [0.2, 0.25) is 0 Å². The number of alkyl carbamates (subject to hydrolysis) is 1. The molecule has 0 spiro atoms. The smallest absolute Gasteiger partial charge is 0.410 e. The molecule has 127 heavy (non-hydrogen) atoms. The fourth-order valence-electron chi connectivity index (χ4n) is 19.4. The van der Waals surface area contributed by atoms with E-state index in [4.69, 9.17) is 69.3 Å². The number of carbonyl (C=O) groups is 7. The van der Waals surface area contributed by atoms with E-state index in [-0.39, 0.29) is 63.2 Å². The van der Waals surface area contributed by atoms with Gasteiger partial charge in [0, 0.05) is 112 Å². The van der Waals surface area contributed by atoms with E-state index in [1.165, 1.54) is 19.9 Å². The third kappa shape index (κ3) is 25.0. The molecule has 6 saturated heterocycles. The number of likely N-dealkylation sites (N-methyl/N-ethyl adjacent to an activating group) is 2. The molecule has 10 rings (SSSR count). The number of ketones is 2. The Morgan fingerprint density at radius 1 is 0.622 bits per heavy atom. The fraction of sp³-hybridized carbons (Fsp3) is 0.725. The number of amides is 3. The van der Waals surface area contributed by atoms with Crippen molar-refractivity contribution in [1.29, 1.82) is 0 Å². The van der Waals surface area contributed by atoms with Crippen LogP contribution in [0, 0.1) is 35.5 Å². The Morgan fingerprint density at radius 2 is 1.02 bits per heavy atom. The average Bonchev–Trinajstić information content (AvgIpc) is 1.61. The monoisotopic (exact) mass is 1790 g/mol. The average molecular weight is 1790 g/mol. The number of aliphatic hydroxyl groups excluding tert-OH is 2. The zero-order valence-corrected chi connectivity index (χ0v) is 77.6. The first-order valence-corrected chi connectivity index (χ1v) is 44.7. The number of aromatic nitrogens is 6. The maximum absolute atomic E-state index is 14.6. The highest BCUT2D eigenvalue weighted by molar-refractivity contribution is 6.01. The lowest BCUT2D eigenvalue weighted by molar-refractivity contribution is -0.296. The summed E-state index contributed by atoms with van der Waals surface area (Å²) in [7, 11) is 10.5. The van der Waals surface area contributed by atoms with Crippen LogP contribution in [-0.2, 0) is 84.4 Å². The van der Waals surface area contributed by atoms with E-state index in [0.717, 1.165) is 16.8 Å². The van der Waals surface area contributed by atoms with Crippen LogP contribution in [0.3, 0.4) is 0 Å². The molecule has 712 valence electrons. The van der Waals surface area contributed by atoms with Gasteiger partial charge in [-0.3, -0.25) is 38.3 Å². The highest BCUT2D eigenvalue weighted by atomic mass is 16.7. The lowest BCUT2D eigenvalue weighted by Gasteiger charge is -2.47. The number of nitrogens with two attached hydrogens (primary N) is 3. The van der Waals surface area contributed by atoms with Crippen molar-refractivity contribution in [3.05, 3.63) is 73.6 Å². The molecular formula is C91H148N16O20. The summed E-state index contributed by atoms with van der Waals surface area (Å²) in [6, 6.07) is 12.5. The number of aliphatic hydroxyl groups is 2. The third-order valence-electron chi connectivity index (χ3n) is 26.5. The zero-order valence-electron chi connectivity index (χ0n) is 77.6. The van der Waals surface area contributed by atoms with Gasteiger partial charge in [-0.15, -0.1) is 10.2 Å². The van der Waals surface area contributed by atoms with E-state index in [9.17, 15) is 43.8 Å². The molecule has 3 amide bonds. The molecule has 6 fully saturated rings. The van der Waals surface area contributed by atoms with Crippen molar-refractivity contribution in [1.82, 2.24) is 65.5 Å². The van der Waals surface area contributed by atoms with Gasteiger partial charge in [-0.25, -0.2) is 14.4 Å². The Morgan fingerprint density at radius 3 is 1.39 bits per heavy atom. The number of rotatable bonds is 27. The number of fused-ring (bicyclic) bond motifs is 2. The molecule has 0 saturated carbocycles. The number of esters is 2. The topological polar surface area (TPSA) is 450 Å². The predicted octanol–water partition coefficient (Wildman–Crippen LogP) is 8.04. The predicted molar refractivity (Wildman–Crippen MR) is 478 cm³/mol. The molecule has 36 heteroatoms.